The van der Waals surface area contributed by atoms with Crippen LogP contribution in [0.25, 0.3) is 4.96 Å². The highest BCUT2D eigenvalue weighted by Crippen LogP contribution is 2.43. The molecule has 4 heterocycles. The SMILES string of the molecule is Cc1nc2sc([C@H](c3cccc(Cl)c3)N3CCC4(CC3)OCCO4)c(O)n2n1. The van der Waals surface area contributed by atoms with Crippen molar-refractivity contribution in [3.63, 3.8) is 0 Å². The molecule has 0 bridgehead atoms. The summed E-state index contributed by atoms with van der Waals surface area (Å²) in [6.07, 6.45) is 1.59. The van der Waals surface area contributed by atoms with Crippen molar-refractivity contribution in [1.82, 2.24) is 19.5 Å². The van der Waals surface area contributed by atoms with E-state index in [9.17, 15) is 5.11 Å². The molecule has 0 unspecified atom stereocenters. The minimum atomic E-state index is -0.444. The molecule has 0 saturated carbocycles. The minimum absolute atomic E-state index is 0.133. The van der Waals surface area contributed by atoms with Gasteiger partial charge in [0.2, 0.25) is 10.8 Å². The van der Waals surface area contributed by atoms with Gasteiger partial charge in [-0.05, 0) is 24.6 Å². The minimum Gasteiger partial charge on any atom is -0.492 e. The average molecular weight is 421 g/mol. The van der Waals surface area contributed by atoms with E-state index in [0.717, 1.165) is 36.4 Å². The Morgan fingerprint density at radius 3 is 2.68 bits per heavy atom. The number of aromatic nitrogens is 3. The zero-order valence-electron chi connectivity index (χ0n) is 15.5. The molecule has 2 fully saturated rings. The van der Waals surface area contributed by atoms with E-state index in [4.69, 9.17) is 21.1 Å². The second-order valence-corrected chi connectivity index (χ2v) is 8.69. The van der Waals surface area contributed by atoms with Gasteiger partial charge in [-0.3, -0.25) is 4.90 Å². The van der Waals surface area contributed by atoms with E-state index in [1.54, 1.807) is 0 Å². The van der Waals surface area contributed by atoms with E-state index < -0.39 is 5.79 Å². The molecule has 7 nitrogen and oxygen atoms in total. The van der Waals surface area contributed by atoms with Crippen LogP contribution >= 0.6 is 22.9 Å². The zero-order valence-corrected chi connectivity index (χ0v) is 17.0. The van der Waals surface area contributed by atoms with Gasteiger partial charge < -0.3 is 14.6 Å². The van der Waals surface area contributed by atoms with Gasteiger partial charge in [0.1, 0.15) is 5.82 Å². The first-order valence-electron chi connectivity index (χ1n) is 9.37. The Hall–Kier alpha value is -1.71. The van der Waals surface area contributed by atoms with Gasteiger partial charge in [0.15, 0.2) is 5.79 Å². The predicted octanol–water partition coefficient (Wildman–Crippen LogP) is 3.39. The zero-order chi connectivity index (χ0) is 19.3. The van der Waals surface area contributed by atoms with Gasteiger partial charge >= 0.3 is 0 Å². The van der Waals surface area contributed by atoms with E-state index >= 15 is 0 Å². The smallest absolute Gasteiger partial charge is 0.230 e. The number of aromatic hydroxyl groups is 1. The highest BCUT2D eigenvalue weighted by Gasteiger charge is 2.42. The quantitative estimate of drug-likeness (QED) is 0.700. The van der Waals surface area contributed by atoms with Crippen LogP contribution in [0.15, 0.2) is 24.3 Å². The Labute approximate surface area is 171 Å². The molecule has 2 aliphatic heterocycles. The second-order valence-electron chi connectivity index (χ2n) is 7.24. The molecule has 148 valence electrons. The molecular formula is C19H21ClN4O3S. The second kappa shape index (κ2) is 6.96. The molecule has 2 aromatic heterocycles. The summed E-state index contributed by atoms with van der Waals surface area (Å²) in [5.74, 6) is 0.335. The van der Waals surface area contributed by atoms with Crippen LogP contribution in [0.1, 0.15) is 35.1 Å². The van der Waals surface area contributed by atoms with Crippen LogP contribution in [0.4, 0.5) is 0 Å². The first kappa shape index (κ1) is 18.3. The van der Waals surface area contributed by atoms with Crippen LogP contribution in [0.3, 0.4) is 0 Å². The van der Waals surface area contributed by atoms with E-state index in [1.807, 2.05) is 31.2 Å². The van der Waals surface area contributed by atoms with E-state index in [2.05, 4.69) is 15.0 Å². The number of ether oxygens (including phenoxy) is 2. The number of piperidine rings is 1. The van der Waals surface area contributed by atoms with Crippen LogP contribution in [0, 0.1) is 6.92 Å². The highest BCUT2D eigenvalue weighted by molar-refractivity contribution is 7.17. The van der Waals surface area contributed by atoms with Crippen molar-refractivity contribution >= 4 is 27.9 Å². The van der Waals surface area contributed by atoms with Crippen LogP contribution < -0.4 is 0 Å². The van der Waals surface area contributed by atoms with Gasteiger partial charge in [-0.25, -0.2) is 4.98 Å². The van der Waals surface area contributed by atoms with Gasteiger partial charge in [-0.15, -0.1) is 5.10 Å². The van der Waals surface area contributed by atoms with Gasteiger partial charge in [-0.1, -0.05) is 35.1 Å². The van der Waals surface area contributed by atoms with Gasteiger partial charge in [0.25, 0.3) is 0 Å². The molecular weight excluding hydrogens is 400 g/mol. The number of hydrogen-bond donors (Lipinski definition) is 1. The van der Waals surface area contributed by atoms with Crippen molar-refractivity contribution in [2.24, 2.45) is 0 Å². The molecule has 5 rings (SSSR count). The lowest BCUT2D eigenvalue weighted by Crippen LogP contribution is -2.46. The molecule has 1 atom stereocenters. The molecule has 2 saturated heterocycles. The van der Waals surface area contributed by atoms with E-state index in [-0.39, 0.29) is 11.9 Å². The monoisotopic (exact) mass is 420 g/mol. The summed E-state index contributed by atoms with van der Waals surface area (Å²) in [4.78, 5) is 8.27. The number of likely N-dealkylation sites (tertiary alicyclic amines) is 1. The predicted molar refractivity (Wildman–Crippen MR) is 106 cm³/mol. The number of fused-ring (bicyclic) bond motifs is 1. The van der Waals surface area contributed by atoms with Crippen LogP contribution in [0.5, 0.6) is 5.88 Å². The first-order chi connectivity index (χ1) is 13.5. The number of nitrogens with zero attached hydrogens (tertiary/aromatic N) is 4. The summed E-state index contributed by atoms with van der Waals surface area (Å²) in [6.45, 7) is 4.73. The first-order valence-corrected chi connectivity index (χ1v) is 10.6. The fraction of sp³-hybridized carbons (Fsp3) is 0.474. The maximum Gasteiger partial charge on any atom is 0.230 e. The topological polar surface area (TPSA) is 72.1 Å². The van der Waals surface area contributed by atoms with Crippen LogP contribution in [0.2, 0.25) is 5.02 Å². The lowest BCUT2D eigenvalue weighted by molar-refractivity contribution is -0.187. The third kappa shape index (κ3) is 3.09. The summed E-state index contributed by atoms with van der Waals surface area (Å²) < 4.78 is 13.3. The molecule has 0 aliphatic carbocycles. The summed E-state index contributed by atoms with van der Waals surface area (Å²) in [6, 6.07) is 7.67. The Balaban J connectivity index is 1.53. The Kier molecular flexibility index (Phi) is 4.56. The number of benzene rings is 1. The van der Waals surface area contributed by atoms with Gasteiger partial charge in [0, 0.05) is 31.0 Å². The molecule has 0 radical (unpaired) electrons. The van der Waals surface area contributed by atoms with Crippen LogP contribution in [-0.2, 0) is 9.47 Å². The molecule has 1 spiro atoms. The molecule has 3 aromatic rings. The Morgan fingerprint density at radius 2 is 2.00 bits per heavy atom. The molecule has 1 aromatic carbocycles. The molecule has 2 aliphatic rings. The lowest BCUT2D eigenvalue weighted by atomic mass is 9.97. The normalized spacial score (nSPS) is 20.9. The third-order valence-corrected chi connectivity index (χ3v) is 6.76. The van der Waals surface area contributed by atoms with Crippen molar-refractivity contribution in [1.29, 1.82) is 0 Å². The van der Waals surface area contributed by atoms with Crippen molar-refractivity contribution in [3.05, 3.63) is 45.6 Å². The molecule has 1 N–H and O–H groups in total. The Morgan fingerprint density at radius 1 is 1.25 bits per heavy atom. The average Bonchev–Trinajstić information content (AvgIpc) is 3.35. The van der Waals surface area contributed by atoms with Gasteiger partial charge in [-0.2, -0.15) is 4.52 Å². The van der Waals surface area contributed by atoms with Crippen molar-refractivity contribution in [3.8, 4) is 5.88 Å². The van der Waals surface area contributed by atoms with E-state index in [1.165, 1.54) is 15.9 Å². The van der Waals surface area contributed by atoms with Crippen molar-refractivity contribution in [2.75, 3.05) is 26.3 Å². The van der Waals surface area contributed by atoms with Crippen molar-refractivity contribution < 1.29 is 14.6 Å². The number of hydrogen-bond acceptors (Lipinski definition) is 7. The molecule has 28 heavy (non-hydrogen) atoms. The van der Waals surface area contributed by atoms with Gasteiger partial charge in [0.05, 0.1) is 24.1 Å². The largest absolute Gasteiger partial charge is 0.492 e. The fourth-order valence-electron chi connectivity index (χ4n) is 4.14. The van der Waals surface area contributed by atoms with Crippen LogP contribution in [-0.4, -0.2) is 56.7 Å². The fourth-order valence-corrected chi connectivity index (χ4v) is 5.50. The van der Waals surface area contributed by atoms with Crippen molar-refractivity contribution in [2.45, 2.75) is 31.6 Å². The number of halogens is 1. The van der Waals surface area contributed by atoms with E-state index in [0.29, 0.717) is 29.0 Å². The standard InChI is InChI=1S/C19H21ClN4O3S/c1-12-21-18-24(22-12)17(25)16(28-18)15(13-3-2-4-14(20)11-13)23-7-5-19(6-8-23)26-9-10-27-19/h2-4,11,15,25H,5-10H2,1H3/t15-/m0/s1. The molecule has 0 amide bonds. The summed E-state index contributed by atoms with van der Waals surface area (Å²) >= 11 is 7.75. The number of rotatable bonds is 3. The lowest BCUT2D eigenvalue weighted by Gasteiger charge is -2.41. The molecule has 9 heteroatoms. The maximum atomic E-state index is 10.9. The number of thiazole rings is 1. The summed E-state index contributed by atoms with van der Waals surface area (Å²) in [7, 11) is 0. The maximum absolute atomic E-state index is 10.9. The third-order valence-electron chi connectivity index (χ3n) is 5.46. The highest BCUT2D eigenvalue weighted by atomic mass is 35.5. The summed E-state index contributed by atoms with van der Waals surface area (Å²) in [5.41, 5.74) is 1.04. The number of aryl methyl sites for hydroxylation is 1. The summed E-state index contributed by atoms with van der Waals surface area (Å²) in [5, 5.41) is 15.9. The Bertz CT molecular complexity index is 1000.